The molecule has 2 aromatic carbocycles. The molecule has 0 unspecified atom stereocenters. The van der Waals surface area contributed by atoms with Crippen LogP contribution in [0.4, 0.5) is 0 Å². The Hall–Kier alpha value is -1.90. The zero-order chi connectivity index (χ0) is 21.3. The highest BCUT2D eigenvalue weighted by Gasteiger charge is 2.49. The van der Waals surface area contributed by atoms with Crippen molar-refractivity contribution in [3.63, 3.8) is 0 Å². The van der Waals surface area contributed by atoms with Crippen molar-refractivity contribution in [2.45, 2.75) is 65.8 Å². The smallest absolute Gasteiger partial charge is 0.261 e. The number of benzene rings is 2. The van der Waals surface area contributed by atoms with Gasteiger partial charge in [-0.1, -0.05) is 112 Å². The Balaban J connectivity index is 2.38. The van der Waals surface area contributed by atoms with Crippen LogP contribution in [0.3, 0.4) is 0 Å². The summed E-state index contributed by atoms with van der Waals surface area (Å²) in [6.45, 7) is 14.3. The maximum absolute atomic E-state index is 6.97. The molecule has 0 bridgehead atoms. The van der Waals surface area contributed by atoms with Crippen molar-refractivity contribution < 1.29 is 4.43 Å². The van der Waals surface area contributed by atoms with Gasteiger partial charge in [0.1, 0.15) is 0 Å². The second kappa shape index (κ2) is 10.8. The minimum atomic E-state index is -2.43. The maximum atomic E-state index is 6.97. The van der Waals surface area contributed by atoms with Gasteiger partial charge in [0, 0.05) is 0 Å². The van der Waals surface area contributed by atoms with Gasteiger partial charge < -0.3 is 4.43 Å². The first-order valence-corrected chi connectivity index (χ1v) is 12.8. The molecule has 2 heteroatoms. The van der Waals surface area contributed by atoms with Crippen molar-refractivity contribution in [3.8, 4) is 0 Å². The fraction of sp³-hybridized carbons (Fsp3) is 0.407. The highest BCUT2D eigenvalue weighted by atomic mass is 28.4. The predicted octanol–water partition coefficient (Wildman–Crippen LogP) is 6.65. The maximum Gasteiger partial charge on any atom is 0.261 e. The zero-order valence-corrected chi connectivity index (χ0v) is 20.2. The lowest BCUT2D eigenvalue weighted by atomic mass is 10.1. The van der Waals surface area contributed by atoms with Gasteiger partial charge in [-0.15, -0.1) is 0 Å². The molecule has 0 radical (unpaired) electrons. The third kappa shape index (κ3) is 6.04. The molecule has 1 nitrogen and oxygen atoms in total. The molecule has 0 heterocycles. The summed E-state index contributed by atoms with van der Waals surface area (Å²) in [4.78, 5) is 0. The third-order valence-corrected chi connectivity index (χ3v) is 10.6. The summed E-state index contributed by atoms with van der Waals surface area (Å²) in [5.41, 5.74) is 2.88. The minimum absolute atomic E-state index is 0.0258. The van der Waals surface area contributed by atoms with Gasteiger partial charge in [0.2, 0.25) is 0 Å². The van der Waals surface area contributed by atoms with Crippen LogP contribution in [0.2, 0.25) is 5.04 Å². The Labute approximate surface area is 179 Å². The monoisotopic (exact) mass is 406 g/mol. The molecule has 0 aliphatic carbocycles. The van der Waals surface area contributed by atoms with Gasteiger partial charge in [-0.2, -0.15) is 0 Å². The van der Waals surface area contributed by atoms with Gasteiger partial charge >= 0.3 is 0 Å². The Bertz CT molecular complexity index is 754. The third-order valence-electron chi connectivity index (χ3n) is 5.56. The van der Waals surface area contributed by atoms with Crippen LogP contribution in [-0.4, -0.2) is 14.9 Å². The predicted molar refractivity (Wildman–Crippen MR) is 131 cm³/mol. The second-order valence-corrected chi connectivity index (χ2v) is 13.3. The average molecular weight is 407 g/mol. The summed E-state index contributed by atoms with van der Waals surface area (Å²) < 4.78 is 6.97. The SMILES string of the molecule is CC/C(=C\CO[Si](c1ccccc1)(c1ccccc1)C(C)(C)C)CCC=C(C)C. The van der Waals surface area contributed by atoms with Gasteiger partial charge in [0.05, 0.1) is 6.61 Å². The minimum Gasteiger partial charge on any atom is -0.404 e. The fourth-order valence-electron chi connectivity index (χ4n) is 4.02. The van der Waals surface area contributed by atoms with Crippen LogP contribution in [0.1, 0.15) is 60.8 Å². The van der Waals surface area contributed by atoms with E-state index in [4.69, 9.17) is 4.43 Å². The molecule has 2 rings (SSSR count). The van der Waals surface area contributed by atoms with Crippen LogP contribution in [0.25, 0.3) is 0 Å². The average Bonchev–Trinajstić information content (AvgIpc) is 2.70. The first kappa shape index (κ1) is 23.4. The molecule has 0 spiro atoms. The van der Waals surface area contributed by atoms with Crippen molar-refractivity contribution in [2.75, 3.05) is 6.61 Å². The van der Waals surface area contributed by atoms with E-state index in [1.54, 1.807) is 0 Å². The molecule has 156 valence electrons. The molecule has 0 amide bonds. The summed E-state index contributed by atoms with van der Waals surface area (Å²) in [5.74, 6) is 0. The molecular formula is C27H38OSi. The Morgan fingerprint density at radius 2 is 1.38 bits per heavy atom. The largest absolute Gasteiger partial charge is 0.404 e. The van der Waals surface area contributed by atoms with Crippen molar-refractivity contribution >= 4 is 18.7 Å². The number of hydrogen-bond donors (Lipinski definition) is 0. The Morgan fingerprint density at radius 3 is 1.79 bits per heavy atom. The van der Waals surface area contributed by atoms with Crippen LogP contribution in [0.15, 0.2) is 84.0 Å². The highest BCUT2D eigenvalue weighted by molar-refractivity contribution is 6.99. The molecular weight excluding hydrogens is 368 g/mol. The molecule has 0 atom stereocenters. The quantitative estimate of drug-likeness (QED) is 0.335. The Kier molecular flexibility index (Phi) is 8.67. The molecule has 2 aromatic rings. The molecule has 0 fully saturated rings. The van der Waals surface area contributed by atoms with Crippen LogP contribution in [0, 0.1) is 0 Å². The lowest BCUT2D eigenvalue weighted by Crippen LogP contribution is -2.66. The van der Waals surface area contributed by atoms with Crippen LogP contribution in [0.5, 0.6) is 0 Å². The van der Waals surface area contributed by atoms with E-state index in [1.807, 2.05) is 0 Å². The van der Waals surface area contributed by atoms with Gasteiger partial charge in [0.25, 0.3) is 8.32 Å². The van der Waals surface area contributed by atoms with Crippen molar-refractivity contribution in [2.24, 2.45) is 0 Å². The normalized spacial score (nSPS) is 12.7. The number of rotatable bonds is 9. The number of allylic oxidation sites excluding steroid dienone is 3. The van der Waals surface area contributed by atoms with Crippen LogP contribution in [-0.2, 0) is 4.43 Å². The molecule has 0 aromatic heterocycles. The van der Waals surface area contributed by atoms with E-state index in [0.29, 0.717) is 6.61 Å². The van der Waals surface area contributed by atoms with Crippen LogP contribution < -0.4 is 10.4 Å². The summed E-state index contributed by atoms with van der Waals surface area (Å²) in [6, 6.07) is 21.8. The van der Waals surface area contributed by atoms with E-state index < -0.39 is 8.32 Å². The summed E-state index contributed by atoms with van der Waals surface area (Å²) in [5, 5.41) is 2.71. The van der Waals surface area contributed by atoms with Crippen LogP contribution >= 0.6 is 0 Å². The standard InChI is InChI=1S/C27H38OSi/c1-7-24(16-14-15-23(2)3)21-22-28-29(27(4,5)6,25-17-10-8-11-18-25)26-19-12-9-13-20-26/h8-13,15,17-21H,7,14,16,22H2,1-6H3/b24-21+. The lowest BCUT2D eigenvalue weighted by molar-refractivity contribution is 0.338. The Morgan fingerprint density at radius 1 is 0.862 bits per heavy atom. The lowest BCUT2D eigenvalue weighted by Gasteiger charge is -2.42. The van der Waals surface area contributed by atoms with Gasteiger partial charge in [-0.05, 0) is 48.5 Å². The summed E-state index contributed by atoms with van der Waals surface area (Å²) >= 11 is 0. The molecule has 29 heavy (non-hydrogen) atoms. The molecule has 0 N–H and O–H groups in total. The zero-order valence-electron chi connectivity index (χ0n) is 19.2. The number of hydrogen-bond acceptors (Lipinski definition) is 1. The van der Waals surface area contributed by atoms with E-state index in [9.17, 15) is 0 Å². The van der Waals surface area contributed by atoms with E-state index in [2.05, 4.69) is 114 Å². The summed E-state index contributed by atoms with van der Waals surface area (Å²) in [7, 11) is -2.43. The first-order chi connectivity index (χ1) is 13.8. The van der Waals surface area contributed by atoms with Gasteiger partial charge in [0.15, 0.2) is 0 Å². The fourth-order valence-corrected chi connectivity index (χ4v) is 8.50. The first-order valence-electron chi connectivity index (χ1n) is 10.9. The van der Waals surface area contributed by atoms with E-state index in [0.717, 1.165) is 19.3 Å². The highest BCUT2D eigenvalue weighted by Crippen LogP contribution is 2.36. The summed E-state index contributed by atoms with van der Waals surface area (Å²) in [6.07, 6.45) is 7.97. The van der Waals surface area contributed by atoms with Gasteiger partial charge in [-0.25, -0.2) is 0 Å². The molecule has 0 aliphatic heterocycles. The second-order valence-electron chi connectivity index (χ2n) is 9.01. The van der Waals surface area contributed by atoms with E-state index >= 15 is 0 Å². The molecule has 0 saturated carbocycles. The molecule has 0 saturated heterocycles. The van der Waals surface area contributed by atoms with Crippen molar-refractivity contribution in [1.29, 1.82) is 0 Å². The van der Waals surface area contributed by atoms with Crippen molar-refractivity contribution in [1.82, 2.24) is 0 Å². The van der Waals surface area contributed by atoms with Crippen molar-refractivity contribution in [3.05, 3.63) is 84.0 Å². The van der Waals surface area contributed by atoms with Gasteiger partial charge in [-0.3, -0.25) is 0 Å². The molecule has 0 aliphatic rings. The topological polar surface area (TPSA) is 9.23 Å². The van der Waals surface area contributed by atoms with E-state index in [-0.39, 0.29) is 5.04 Å². The van der Waals surface area contributed by atoms with E-state index in [1.165, 1.54) is 21.5 Å².